The standard InChI is InChI=1S/C17H25NO2/c19-16(11-10-15-8-4-3-5-9-15)18-14-17(20)12-6-1-2-7-13-17/h3-5,8-9,20H,1-2,6-7,10-14H2,(H,18,19). The normalized spacial score (nSPS) is 18.2. The van der Waals surface area contributed by atoms with Crippen molar-refractivity contribution >= 4 is 5.91 Å². The highest BCUT2D eigenvalue weighted by Gasteiger charge is 2.28. The lowest BCUT2D eigenvalue weighted by molar-refractivity contribution is -0.122. The van der Waals surface area contributed by atoms with Crippen LogP contribution in [0, 0.1) is 0 Å². The number of carbonyl (C=O) groups excluding carboxylic acids is 1. The van der Waals surface area contributed by atoms with Crippen LogP contribution in [0.5, 0.6) is 0 Å². The fourth-order valence-electron chi connectivity index (χ4n) is 2.82. The van der Waals surface area contributed by atoms with Gasteiger partial charge >= 0.3 is 0 Å². The molecule has 3 heteroatoms. The zero-order valence-electron chi connectivity index (χ0n) is 12.1. The molecule has 0 radical (unpaired) electrons. The van der Waals surface area contributed by atoms with Gasteiger partial charge in [-0.05, 0) is 24.8 Å². The van der Waals surface area contributed by atoms with E-state index in [-0.39, 0.29) is 5.91 Å². The molecule has 110 valence electrons. The van der Waals surface area contributed by atoms with Gasteiger partial charge in [0.15, 0.2) is 0 Å². The third kappa shape index (κ3) is 4.97. The molecule has 0 spiro atoms. The van der Waals surface area contributed by atoms with Crippen LogP contribution >= 0.6 is 0 Å². The molecule has 1 aromatic carbocycles. The van der Waals surface area contributed by atoms with E-state index in [0.29, 0.717) is 13.0 Å². The van der Waals surface area contributed by atoms with Gasteiger partial charge in [0.2, 0.25) is 5.91 Å². The summed E-state index contributed by atoms with van der Waals surface area (Å²) in [6.45, 7) is 0.403. The number of aliphatic hydroxyl groups is 1. The molecule has 2 N–H and O–H groups in total. The van der Waals surface area contributed by atoms with Gasteiger partial charge in [-0.2, -0.15) is 0 Å². The van der Waals surface area contributed by atoms with Crippen LogP contribution in [-0.4, -0.2) is 23.2 Å². The third-order valence-corrected chi connectivity index (χ3v) is 4.13. The lowest BCUT2D eigenvalue weighted by Crippen LogP contribution is -2.42. The summed E-state index contributed by atoms with van der Waals surface area (Å²) >= 11 is 0. The Morgan fingerprint density at radius 2 is 1.75 bits per heavy atom. The zero-order chi connectivity index (χ0) is 14.3. The summed E-state index contributed by atoms with van der Waals surface area (Å²) in [5.41, 5.74) is 0.495. The van der Waals surface area contributed by atoms with Crippen LogP contribution in [0.3, 0.4) is 0 Å². The van der Waals surface area contributed by atoms with Crippen LogP contribution in [0.2, 0.25) is 0 Å². The number of hydrogen-bond donors (Lipinski definition) is 2. The summed E-state index contributed by atoms with van der Waals surface area (Å²) in [5.74, 6) is 0.0338. The Labute approximate surface area is 121 Å². The molecule has 3 nitrogen and oxygen atoms in total. The Morgan fingerprint density at radius 3 is 2.40 bits per heavy atom. The van der Waals surface area contributed by atoms with Gasteiger partial charge in [0, 0.05) is 13.0 Å². The van der Waals surface area contributed by atoms with E-state index in [4.69, 9.17) is 0 Å². The van der Waals surface area contributed by atoms with Gasteiger partial charge < -0.3 is 10.4 Å². The maximum Gasteiger partial charge on any atom is 0.220 e. The van der Waals surface area contributed by atoms with Gasteiger partial charge in [-0.25, -0.2) is 0 Å². The second-order valence-corrected chi connectivity index (χ2v) is 5.90. The quantitative estimate of drug-likeness (QED) is 0.812. The topological polar surface area (TPSA) is 49.3 Å². The lowest BCUT2D eigenvalue weighted by Gasteiger charge is -2.26. The molecule has 0 saturated heterocycles. The second-order valence-electron chi connectivity index (χ2n) is 5.90. The van der Waals surface area contributed by atoms with Crippen molar-refractivity contribution in [3.8, 4) is 0 Å². The highest BCUT2D eigenvalue weighted by molar-refractivity contribution is 5.76. The number of aryl methyl sites for hydroxylation is 1. The van der Waals surface area contributed by atoms with E-state index >= 15 is 0 Å². The van der Waals surface area contributed by atoms with Crippen molar-refractivity contribution in [2.75, 3.05) is 6.54 Å². The number of rotatable bonds is 5. The molecule has 0 atom stereocenters. The molecular weight excluding hydrogens is 250 g/mol. The Balaban J connectivity index is 1.71. The molecule has 1 saturated carbocycles. The van der Waals surface area contributed by atoms with Crippen molar-refractivity contribution < 1.29 is 9.90 Å². The van der Waals surface area contributed by atoms with Crippen molar-refractivity contribution in [3.05, 3.63) is 35.9 Å². The first-order chi connectivity index (χ1) is 9.68. The minimum atomic E-state index is -0.682. The molecular formula is C17H25NO2. The highest BCUT2D eigenvalue weighted by atomic mass is 16.3. The molecule has 0 bridgehead atoms. The molecule has 1 fully saturated rings. The van der Waals surface area contributed by atoms with Gasteiger partial charge in [0.05, 0.1) is 5.60 Å². The molecule has 1 amide bonds. The van der Waals surface area contributed by atoms with Gasteiger partial charge in [-0.15, -0.1) is 0 Å². The van der Waals surface area contributed by atoms with Gasteiger partial charge in [-0.1, -0.05) is 56.0 Å². The van der Waals surface area contributed by atoms with E-state index in [1.807, 2.05) is 30.3 Å². The maximum atomic E-state index is 11.9. The number of amides is 1. The number of hydrogen-bond acceptors (Lipinski definition) is 2. The van der Waals surface area contributed by atoms with Gasteiger partial charge in [-0.3, -0.25) is 4.79 Å². The Kier molecular flexibility index (Phi) is 5.60. The molecule has 20 heavy (non-hydrogen) atoms. The minimum Gasteiger partial charge on any atom is -0.388 e. The molecule has 0 unspecified atom stereocenters. The Hall–Kier alpha value is -1.35. The molecule has 0 heterocycles. The second kappa shape index (κ2) is 7.44. The predicted molar refractivity (Wildman–Crippen MR) is 80.4 cm³/mol. The van der Waals surface area contributed by atoms with E-state index < -0.39 is 5.60 Å². The van der Waals surface area contributed by atoms with Crippen molar-refractivity contribution in [2.45, 2.75) is 57.0 Å². The van der Waals surface area contributed by atoms with E-state index in [0.717, 1.165) is 32.1 Å². The number of nitrogens with one attached hydrogen (secondary N) is 1. The first-order valence-electron chi connectivity index (χ1n) is 7.71. The Morgan fingerprint density at radius 1 is 1.10 bits per heavy atom. The SMILES string of the molecule is O=C(CCc1ccccc1)NCC1(O)CCCCCC1. The first-order valence-corrected chi connectivity index (χ1v) is 7.71. The third-order valence-electron chi connectivity index (χ3n) is 4.13. The molecule has 1 aliphatic rings. The summed E-state index contributed by atoms with van der Waals surface area (Å²) < 4.78 is 0. The molecule has 1 aromatic rings. The molecule has 2 rings (SSSR count). The van der Waals surface area contributed by atoms with Gasteiger partial charge in [0.1, 0.15) is 0 Å². The number of benzene rings is 1. The van der Waals surface area contributed by atoms with Crippen LogP contribution < -0.4 is 5.32 Å². The fraction of sp³-hybridized carbons (Fsp3) is 0.588. The van der Waals surface area contributed by atoms with Crippen molar-refractivity contribution in [2.24, 2.45) is 0 Å². The first kappa shape index (κ1) is 15.0. The van der Waals surface area contributed by atoms with Crippen LogP contribution in [-0.2, 0) is 11.2 Å². The summed E-state index contributed by atoms with van der Waals surface area (Å²) in [4.78, 5) is 11.9. The van der Waals surface area contributed by atoms with E-state index in [9.17, 15) is 9.90 Å². The van der Waals surface area contributed by atoms with E-state index in [1.54, 1.807) is 0 Å². The van der Waals surface area contributed by atoms with Crippen LogP contribution in [0.25, 0.3) is 0 Å². The van der Waals surface area contributed by atoms with Crippen molar-refractivity contribution in [1.82, 2.24) is 5.32 Å². The van der Waals surface area contributed by atoms with Crippen LogP contribution in [0.15, 0.2) is 30.3 Å². The monoisotopic (exact) mass is 275 g/mol. The van der Waals surface area contributed by atoms with Crippen molar-refractivity contribution in [1.29, 1.82) is 0 Å². The average molecular weight is 275 g/mol. The fourth-order valence-corrected chi connectivity index (χ4v) is 2.82. The van der Waals surface area contributed by atoms with Gasteiger partial charge in [0.25, 0.3) is 0 Å². The minimum absolute atomic E-state index is 0.0338. The highest BCUT2D eigenvalue weighted by Crippen LogP contribution is 2.26. The summed E-state index contributed by atoms with van der Waals surface area (Å²) in [6.07, 6.45) is 7.39. The van der Waals surface area contributed by atoms with Crippen LogP contribution in [0.4, 0.5) is 0 Å². The largest absolute Gasteiger partial charge is 0.388 e. The molecule has 0 aromatic heterocycles. The van der Waals surface area contributed by atoms with E-state index in [2.05, 4.69) is 5.32 Å². The average Bonchev–Trinajstić information content (AvgIpc) is 2.69. The van der Waals surface area contributed by atoms with Crippen molar-refractivity contribution in [3.63, 3.8) is 0 Å². The Bertz CT molecular complexity index is 408. The zero-order valence-corrected chi connectivity index (χ0v) is 12.1. The lowest BCUT2D eigenvalue weighted by atomic mass is 9.94. The number of carbonyl (C=O) groups is 1. The smallest absolute Gasteiger partial charge is 0.220 e. The predicted octanol–water partition coefficient (Wildman–Crippen LogP) is 2.82. The summed E-state index contributed by atoms with van der Waals surface area (Å²) in [7, 11) is 0. The summed E-state index contributed by atoms with van der Waals surface area (Å²) in [5, 5.41) is 13.4. The van der Waals surface area contributed by atoms with E-state index in [1.165, 1.54) is 18.4 Å². The maximum absolute atomic E-state index is 11.9. The summed E-state index contributed by atoms with van der Waals surface area (Å²) in [6, 6.07) is 10.0. The van der Waals surface area contributed by atoms with Crippen LogP contribution in [0.1, 0.15) is 50.5 Å². The molecule has 0 aliphatic heterocycles. The molecule has 1 aliphatic carbocycles.